The lowest BCUT2D eigenvalue weighted by Gasteiger charge is -2.48. The minimum absolute atomic E-state index is 0.567. The highest BCUT2D eigenvalue weighted by molar-refractivity contribution is 5.55. The van der Waals surface area contributed by atoms with Crippen molar-refractivity contribution >= 4 is 0 Å². The summed E-state index contributed by atoms with van der Waals surface area (Å²) in [5.74, 6) is 2.76. The van der Waals surface area contributed by atoms with Crippen molar-refractivity contribution in [3.8, 4) is 23.0 Å². The largest absolute Gasteiger partial charge is 0.497 e. The molecule has 146 valence electrons. The molecule has 5 nitrogen and oxygen atoms in total. The molecule has 3 rings (SSSR count). The van der Waals surface area contributed by atoms with Crippen LogP contribution in [0.5, 0.6) is 23.0 Å². The van der Waals surface area contributed by atoms with Gasteiger partial charge in [-0.2, -0.15) is 0 Å². The molecule has 0 fully saturated rings. The second-order valence-electron chi connectivity index (χ2n) is 7.41. The molecule has 1 N–H and O–H groups in total. The van der Waals surface area contributed by atoms with Crippen molar-refractivity contribution in [1.29, 1.82) is 0 Å². The van der Waals surface area contributed by atoms with Crippen LogP contribution in [0.2, 0.25) is 0 Å². The van der Waals surface area contributed by atoms with E-state index in [2.05, 4.69) is 13.8 Å². The minimum atomic E-state index is -1.07. The molecule has 2 aromatic carbocycles. The van der Waals surface area contributed by atoms with Crippen LogP contribution in [0.4, 0.5) is 0 Å². The molecule has 0 saturated heterocycles. The van der Waals surface area contributed by atoms with Crippen LogP contribution >= 0.6 is 0 Å². The first-order valence-corrected chi connectivity index (χ1v) is 9.02. The maximum atomic E-state index is 11.8. The van der Waals surface area contributed by atoms with E-state index < -0.39 is 11.0 Å². The van der Waals surface area contributed by atoms with Gasteiger partial charge in [-0.15, -0.1) is 0 Å². The Labute approximate surface area is 160 Å². The van der Waals surface area contributed by atoms with E-state index in [1.54, 1.807) is 28.4 Å². The summed E-state index contributed by atoms with van der Waals surface area (Å²) < 4.78 is 21.8. The number of ether oxygens (including phenoxy) is 4. The van der Waals surface area contributed by atoms with E-state index >= 15 is 0 Å². The molecule has 0 aromatic heterocycles. The van der Waals surface area contributed by atoms with Gasteiger partial charge in [0.05, 0.1) is 34.0 Å². The third kappa shape index (κ3) is 2.90. The van der Waals surface area contributed by atoms with E-state index in [1.165, 1.54) is 0 Å². The molecule has 0 spiro atoms. The normalized spacial score (nSPS) is 20.6. The second kappa shape index (κ2) is 6.97. The van der Waals surface area contributed by atoms with E-state index in [4.69, 9.17) is 18.9 Å². The van der Waals surface area contributed by atoms with Gasteiger partial charge in [-0.05, 0) is 47.7 Å². The van der Waals surface area contributed by atoms with Crippen molar-refractivity contribution in [3.63, 3.8) is 0 Å². The second-order valence-corrected chi connectivity index (χ2v) is 7.41. The van der Waals surface area contributed by atoms with Crippen LogP contribution in [0.15, 0.2) is 30.3 Å². The third-order valence-electron chi connectivity index (χ3n) is 5.94. The summed E-state index contributed by atoms with van der Waals surface area (Å²) in [4.78, 5) is 0. The summed E-state index contributed by atoms with van der Waals surface area (Å²) >= 11 is 0. The van der Waals surface area contributed by atoms with E-state index in [0.29, 0.717) is 24.3 Å². The summed E-state index contributed by atoms with van der Waals surface area (Å²) in [6.07, 6.45) is 1.28. The summed E-state index contributed by atoms with van der Waals surface area (Å²) in [5.41, 5.74) is 1.31. The average molecular weight is 372 g/mol. The molecule has 1 atom stereocenters. The van der Waals surface area contributed by atoms with E-state index in [1.807, 2.05) is 30.3 Å². The van der Waals surface area contributed by atoms with Crippen molar-refractivity contribution in [1.82, 2.24) is 0 Å². The first kappa shape index (κ1) is 19.4. The highest BCUT2D eigenvalue weighted by atomic mass is 16.5. The van der Waals surface area contributed by atoms with Crippen molar-refractivity contribution in [3.05, 3.63) is 47.0 Å². The lowest BCUT2D eigenvalue weighted by atomic mass is 9.60. The molecule has 0 amide bonds. The number of hydrogen-bond acceptors (Lipinski definition) is 5. The Morgan fingerprint density at radius 2 is 1.48 bits per heavy atom. The van der Waals surface area contributed by atoms with Crippen molar-refractivity contribution < 1.29 is 24.1 Å². The number of fused-ring (bicyclic) bond motifs is 1. The lowest BCUT2D eigenvalue weighted by molar-refractivity contribution is -0.0469. The minimum Gasteiger partial charge on any atom is -0.497 e. The summed E-state index contributed by atoms with van der Waals surface area (Å²) in [6.45, 7) is 4.11. The predicted octanol–water partition coefficient (Wildman–Crippen LogP) is 3.83. The van der Waals surface area contributed by atoms with Crippen LogP contribution in [0.1, 0.15) is 37.0 Å². The van der Waals surface area contributed by atoms with Crippen molar-refractivity contribution in [2.75, 3.05) is 28.4 Å². The summed E-state index contributed by atoms with van der Waals surface area (Å²) in [6, 6.07) is 9.51. The van der Waals surface area contributed by atoms with Crippen LogP contribution in [0.3, 0.4) is 0 Å². The van der Waals surface area contributed by atoms with Gasteiger partial charge in [-0.3, -0.25) is 0 Å². The maximum Gasteiger partial charge on any atom is 0.161 e. The molecule has 1 aliphatic rings. The standard InChI is InChI=1S/C22H28O5/c1-21(2)17-12-15(24-3)13-19(26-5)16(17)9-10-22(21,23)14-7-8-18(25-4)20(11-14)27-6/h7-8,11-13,23H,9-10H2,1-6H3. The molecular formula is C22H28O5. The Kier molecular flexibility index (Phi) is 5.00. The van der Waals surface area contributed by atoms with Gasteiger partial charge in [-0.1, -0.05) is 19.9 Å². The molecule has 5 heteroatoms. The Balaban J connectivity index is 2.17. The van der Waals surface area contributed by atoms with E-state index in [-0.39, 0.29) is 0 Å². The SMILES string of the molecule is COc1cc(OC)c2c(c1)C(C)(C)C(O)(c1ccc(OC)c(OC)c1)CC2. The van der Waals surface area contributed by atoms with Gasteiger partial charge in [0.2, 0.25) is 0 Å². The number of hydrogen-bond donors (Lipinski definition) is 1. The molecule has 0 aliphatic heterocycles. The molecule has 0 heterocycles. The zero-order chi connectivity index (χ0) is 19.8. The van der Waals surface area contributed by atoms with Gasteiger partial charge < -0.3 is 24.1 Å². The first-order valence-electron chi connectivity index (χ1n) is 9.02. The van der Waals surface area contributed by atoms with Gasteiger partial charge in [-0.25, -0.2) is 0 Å². The van der Waals surface area contributed by atoms with Gasteiger partial charge in [0.15, 0.2) is 11.5 Å². The zero-order valence-electron chi connectivity index (χ0n) is 16.9. The van der Waals surface area contributed by atoms with Gasteiger partial charge in [0.1, 0.15) is 11.5 Å². The van der Waals surface area contributed by atoms with Crippen LogP contribution in [-0.2, 0) is 17.4 Å². The smallest absolute Gasteiger partial charge is 0.161 e. The Morgan fingerprint density at radius 3 is 2.07 bits per heavy atom. The molecule has 1 unspecified atom stereocenters. The number of rotatable bonds is 5. The number of benzene rings is 2. The van der Waals surface area contributed by atoms with Crippen LogP contribution in [-0.4, -0.2) is 33.5 Å². The monoisotopic (exact) mass is 372 g/mol. The molecule has 0 bridgehead atoms. The maximum absolute atomic E-state index is 11.8. The molecule has 0 radical (unpaired) electrons. The third-order valence-corrected chi connectivity index (χ3v) is 5.94. The van der Waals surface area contributed by atoms with Gasteiger partial charge >= 0.3 is 0 Å². The first-order chi connectivity index (χ1) is 12.8. The highest BCUT2D eigenvalue weighted by Crippen LogP contribution is 2.53. The highest BCUT2D eigenvalue weighted by Gasteiger charge is 2.50. The fourth-order valence-corrected chi connectivity index (χ4v) is 4.18. The van der Waals surface area contributed by atoms with E-state index in [9.17, 15) is 5.11 Å². The van der Waals surface area contributed by atoms with Crippen molar-refractivity contribution in [2.45, 2.75) is 37.7 Å². The Bertz CT molecular complexity index is 843. The fraction of sp³-hybridized carbons (Fsp3) is 0.455. The van der Waals surface area contributed by atoms with Gasteiger partial charge in [0, 0.05) is 11.5 Å². The van der Waals surface area contributed by atoms with E-state index in [0.717, 1.165) is 28.2 Å². The topological polar surface area (TPSA) is 57.2 Å². The average Bonchev–Trinajstić information content (AvgIpc) is 2.69. The molecule has 1 aliphatic carbocycles. The molecule has 0 saturated carbocycles. The Morgan fingerprint density at radius 1 is 0.815 bits per heavy atom. The molecular weight excluding hydrogens is 344 g/mol. The Hall–Kier alpha value is -2.40. The van der Waals surface area contributed by atoms with Crippen molar-refractivity contribution in [2.24, 2.45) is 0 Å². The van der Waals surface area contributed by atoms with Crippen LogP contribution in [0, 0.1) is 0 Å². The number of aliphatic hydroxyl groups is 1. The summed E-state index contributed by atoms with van der Waals surface area (Å²) in [5, 5.41) is 11.8. The lowest BCUT2D eigenvalue weighted by Crippen LogP contribution is -2.48. The van der Waals surface area contributed by atoms with Gasteiger partial charge in [0.25, 0.3) is 0 Å². The zero-order valence-corrected chi connectivity index (χ0v) is 16.9. The quantitative estimate of drug-likeness (QED) is 0.864. The number of methoxy groups -OCH3 is 4. The van der Waals surface area contributed by atoms with Crippen LogP contribution in [0.25, 0.3) is 0 Å². The summed E-state index contributed by atoms with van der Waals surface area (Å²) in [7, 11) is 6.50. The predicted molar refractivity (Wildman–Crippen MR) is 104 cm³/mol. The fourth-order valence-electron chi connectivity index (χ4n) is 4.18. The molecule has 2 aromatic rings. The molecule has 27 heavy (non-hydrogen) atoms. The van der Waals surface area contributed by atoms with Crippen LogP contribution < -0.4 is 18.9 Å².